The number of fused-ring (bicyclic) bond motifs is 22. The zero-order chi connectivity index (χ0) is 94.8. The van der Waals surface area contributed by atoms with Gasteiger partial charge in [0.1, 0.15) is 0 Å². The topological polar surface area (TPSA) is 29.6 Å². The van der Waals surface area contributed by atoms with Crippen molar-refractivity contribution >= 4 is 163 Å². The van der Waals surface area contributed by atoms with Crippen molar-refractivity contribution in [1.82, 2.24) is 27.4 Å². The number of hydrogen-bond acceptors (Lipinski definition) is 0. The minimum atomic E-state index is 1.16. The Morgan fingerprint density at radius 2 is 0.292 bits per heavy atom. The van der Waals surface area contributed by atoms with Gasteiger partial charge in [-0.1, -0.05) is 358 Å². The highest BCUT2D eigenvalue weighted by Gasteiger charge is 2.24. The Balaban J connectivity index is 0.000000105. The molecule has 6 heterocycles. The van der Waals surface area contributed by atoms with Crippen LogP contribution in [0.2, 0.25) is 0 Å². The van der Waals surface area contributed by atoms with Crippen LogP contribution in [0.4, 0.5) is 0 Å². The lowest BCUT2D eigenvalue weighted by atomic mass is 9.99. The molecular weight excluding hydrogens is 1740 g/mol. The Morgan fingerprint density at radius 1 is 0.0903 bits per heavy atom. The number of para-hydroxylation sites is 8. The van der Waals surface area contributed by atoms with Gasteiger partial charge in [-0.05, 0) is 282 Å². The molecule has 144 heavy (non-hydrogen) atoms. The van der Waals surface area contributed by atoms with Crippen LogP contribution in [0, 0.1) is 0 Å². The molecule has 0 radical (unpaired) electrons. The molecule has 0 N–H and O–H groups in total. The van der Waals surface area contributed by atoms with Gasteiger partial charge in [0.25, 0.3) is 0 Å². The highest BCUT2D eigenvalue weighted by molar-refractivity contribution is 6.19. The van der Waals surface area contributed by atoms with E-state index in [-0.39, 0.29) is 0 Å². The van der Waals surface area contributed by atoms with Crippen LogP contribution in [0.25, 0.3) is 264 Å². The zero-order valence-electron chi connectivity index (χ0n) is 78.6. The van der Waals surface area contributed by atoms with Crippen molar-refractivity contribution in [1.29, 1.82) is 0 Å². The Bertz CT molecular complexity index is 10300. The average Bonchev–Trinajstić information content (AvgIpc) is 1.55. The fraction of sp³-hybridized carbons (Fsp3) is 0. The minimum absolute atomic E-state index is 1.16. The van der Waals surface area contributed by atoms with Gasteiger partial charge in [0, 0.05) is 98.5 Å². The van der Waals surface area contributed by atoms with Gasteiger partial charge in [0.2, 0.25) is 0 Å². The molecule has 0 aliphatic rings. The summed E-state index contributed by atoms with van der Waals surface area (Å²) in [5.74, 6) is 0. The normalized spacial score (nSPS) is 11.8. The second-order valence-electron chi connectivity index (χ2n) is 37.8. The lowest BCUT2D eigenvalue weighted by Crippen LogP contribution is -1.96. The van der Waals surface area contributed by atoms with Crippen LogP contribution < -0.4 is 0 Å². The van der Waals surface area contributed by atoms with Crippen LogP contribution in [0.3, 0.4) is 0 Å². The van der Waals surface area contributed by atoms with Gasteiger partial charge in [0.05, 0.1) is 71.9 Å². The predicted molar refractivity (Wildman–Crippen MR) is 610 cm³/mol. The zero-order valence-corrected chi connectivity index (χ0v) is 78.6. The molecule has 0 amide bonds. The fourth-order valence-electron chi connectivity index (χ4n) is 23.0. The molecule has 30 rings (SSSR count). The molecule has 0 aliphatic carbocycles. The molecule has 6 heteroatoms. The van der Waals surface area contributed by atoms with E-state index in [4.69, 9.17) is 0 Å². The van der Waals surface area contributed by atoms with Crippen LogP contribution in [-0.4, -0.2) is 27.4 Å². The number of benzene rings is 24. The molecule has 30 aromatic rings. The Morgan fingerprint density at radius 3 is 0.639 bits per heavy atom. The van der Waals surface area contributed by atoms with Crippen molar-refractivity contribution in [3.05, 3.63) is 546 Å². The van der Waals surface area contributed by atoms with Crippen molar-refractivity contribution in [2.75, 3.05) is 0 Å². The predicted octanol–water partition coefficient (Wildman–Crippen LogP) is 37.1. The summed E-state index contributed by atoms with van der Waals surface area (Å²) in [7, 11) is 0. The number of rotatable bonds is 12. The van der Waals surface area contributed by atoms with E-state index >= 15 is 0 Å². The van der Waals surface area contributed by atoms with Gasteiger partial charge in [-0.25, -0.2) is 0 Å². The highest BCUT2D eigenvalue weighted by atomic mass is 15.0. The van der Waals surface area contributed by atoms with Crippen LogP contribution in [0.5, 0.6) is 0 Å². The van der Waals surface area contributed by atoms with E-state index < -0.39 is 0 Å². The molecule has 6 nitrogen and oxygen atoms in total. The van der Waals surface area contributed by atoms with Gasteiger partial charge in [-0.3, -0.25) is 0 Å². The maximum Gasteiger partial charge on any atom is 0.0546 e. The standard InChI is InChI=1S/C48H32N2.C46H30N2.C44H28N2/c1-4-12-33(13-5-1)35-20-25-40(26-21-35)50-45-19-11-10-18-41(45)42-31-37(23-28-46(42)50)38-24-29-48-44(32-38)43-30-36(34-14-6-2-7-15-34)22-27-47(43)49(48)39-16-8-3-9-17-39;1-2-12-37(13-3-1)47-43-16-8-6-14-39(43)41-29-35(22-26-45(41)47)36-23-27-46-42(30-36)40-15-7-9-17-44(40)48(46)38-24-20-32(21-25-38)34-19-18-31-10-4-5-11-33(31)28-34;1-2-13-32(14-3-1)45-40-20-10-8-18-36(40)38-26-29(22-24-42(38)45)30-23-25-43-39(27-30)37-19-9-11-21-41(37)46(43)44-28-31-12-4-5-15-33(31)34-16-6-7-17-35(34)44/h1-32H;1-30H;1-28H. The summed E-state index contributed by atoms with van der Waals surface area (Å²) in [6.45, 7) is 0. The van der Waals surface area contributed by atoms with E-state index in [0.29, 0.717) is 0 Å². The third-order valence-corrected chi connectivity index (χ3v) is 29.7. The fourth-order valence-corrected chi connectivity index (χ4v) is 23.0. The van der Waals surface area contributed by atoms with E-state index in [9.17, 15) is 0 Å². The molecule has 672 valence electrons. The second kappa shape index (κ2) is 34.5. The summed E-state index contributed by atoms with van der Waals surface area (Å²) in [6.07, 6.45) is 0. The highest BCUT2D eigenvalue weighted by Crippen LogP contribution is 2.47. The first kappa shape index (κ1) is 83.1. The maximum atomic E-state index is 2.46. The van der Waals surface area contributed by atoms with E-state index in [2.05, 4.69) is 573 Å². The van der Waals surface area contributed by atoms with Crippen LogP contribution in [0.1, 0.15) is 0 Å². The third kappa shape index (κ3) is 14.0. The van der Waals surface area contributed by atoms with Crippen LogP contribution in [-0.2, 0) is 0 Å². The molecule has 0 aliphatic heterocycles. The number of hydrogen-bond donors (Lipinski definition) is 0. The second-order valence-corrected chi connectivity index (χ2v) is 37.8. The van der Waals surface area contributed by atoms with Crippen molar-refractivity contribution in [2.24, 2.45) is 0 Å². The lowest BCUT2D eigenvalue weighted by Gasteiger charge is -2.14. The van der Waals surface area contributed by atoms with Crippen molar-refractivity contribution in [3.63, 3.8) is 0 Å². The van der Waals surface area contributed by atoms with Crippen molar-refractivity contribution in [2.45, 2.75) is 0 Å². The SMILES string of the molecule is c1ccc(-c2ccc(-n3c4ccccc4c4cc(-c5ccc6c(c5)c5cc(-c7ccccc7)ccc5n6-c5ccccc5)ccc43)cc2)cc1.c1ccc(-n2c3ccccc3c3cc(-c4ccc5c(c4)c4ccccc4n5-c4cc5ccccc5c5ccccc45)ccc32)cc1.c1ccc(-n2c3ccccc3c3cc(-c4ccc5c(c4)c4ccccc4n5-c4ccc(-c5ccc6ccccc6c5)cc4)ccc32)cc1. The quantitative estimate of drug-likeness (QED) is 0.109. The monoisotopic (exact) mass is 1830 g/mol. The summed E-state index contributed by atoms with van der Waals surface area (Å²) in [4.78, 5) is 0. The molecule has 0 bridgehead atoms. The van der Waals surface area contributed by atoms with E-state index in [1.54, 1.807) is 0 Å². The first-order chi connectivity index (χ1) is 71.4. The van der Waals surface area contributed by atoms with Gasteiger partial charge in [0.15, 0.2) is 0 Å². The number of nitrogens with zero attached hydrogens (tertiary/aromatic N) is 6. The third-order valence-electron chi connectivity index (χ3n) is 29.7. The molecule has 0 saturated carbocycles. The van der Waals surface area contributed by atoms with Gasteiger partial charge < -0.3 is 27.4 Å². The minimum Gasteiger partial charge on any atom is -0.309 e. The Hall–Kier alpha value is -19.1. The van der Waals surface area contributed by atoms with E-state index in [0.717, 1.165) is 11.4 Å². The summed E-state index contributed by atoms with van der Waals surface area (Å²) in [6, 6.07) is 199. The molecule has 0 fully saturated rings. The molecular formula is C138H90N6. The molecule has 6 aromatic heterocycles. The van der Waals surface area contributed by atoms with E-state index in [1.807, 2.05) is 0 Å². The van der Waals surface area contributed by atoms with Crippen molar-refractivity contribution in [3.8, 4) is 101 Å². The summed E-state index contributed by atoms with van der Waals surface area (Å²) >= 11 is 0. The van der Waals surface area contributed by atoms with Gasteiger partial charge >= 0.3 is 0 Å². The Kier molecular flexibility index (Phi) is 19.9. The first-order valence-electron chi connectivity index (χ1n) is 49.6. The molecule has 24 aromatic carbocycles. The summed E-state index contributed by atoms with van der Waals surface area (Å²) in [5, 5.41) is 22.7. The Labute approximate surface area is 831 Å². The van der Waals surface area contributed by atoms with Crippen LogP contribution >= 0.6 is 0 Å². The maximum absolute atomic E-state index is 2.46. The molecule has 0 spiro atoms. The van der Waals surface area contributed by atoms with Gasteiger partial charge in [-0.15, -0.1) is 0 Å². The van der Waals surface area contributed by atoms with Crippen LogP contribution in [0.15, 0.2) is 546 Å². The molecule has 0 saturated heterocycles. The van der Waals surface area contributed by atoms with E-state index in [1.165, 1.54) is 253 Å². The lowest BCUT2D eigenvalue weighted by molar-refractivity contribution is 1.18. The van der Waals surface area contributed by atoms with Gasteiger partial charge in [-0.2, -0.15) is 0 Å². The van der Waals surface area contributed by atoms with Crippen molar-refractivity contribution < 1.29 is 0 Å². The first-order valence-corrected chi connectivity index (χ1v) is 49.6. The largest absolute Gasteiger partial charge is 0.309 e. The summed E-state index contributed by atoms with van der Waals surface area (Å²) in [5.41, 5.74) is 36.3. The summed E-state index contributed by atoms with van der Waals surface area (Å²) < 4.78 is 14.4. The number of aromatic nitrogens is 6. The smallest absolute Gasteiger partial charge is 0.0546 e. The molecule has 0 atom stereocenters. The molecule has 0 unspecified atom stereocenters. The average molecular weight is 1830 g/mol.